The fourth-order valence-electron chi connectivity index (χ4n) is 3.30. The van der Waals surface area contributed by atoms with Crippen LogP contribution in [-0.2, 0) is 13.1 Å². The van der Waals surface area contributed by atoms with E-state index in [1.54, 1.807) is 12.1 Å². The molecule has 2 aromatic rings. The summed E-state index contributed by atoms with van der Waals surface area (Å²) in [7, 11) is 0. The van der Waals surface area contributed by atoms with Crippen LogP contribution in [0, 0.1) is 6.92 Å². The van der Waals surface area contributed by atoms with Crippen molar-refractivity contribution in [3.63, 3.8) is 0 Å². The van der Waals surface area contributed by atoms with Gasteiger partial charge >= 0.3 is 6.03 Å². The summed E-state index contributed by atoms with van der Waals surface area (Å²) in [4.78, 5) is 14.3. The number of hydrogen-bond acceptors (Lipinski definition) is 2. The van der Waals surface area contributed by atoms with E-state index in [2.05, 4.69) is 41.8 Å². The van der Waals surface area contributed by atoms with Gasteiger partial charge in [-0.05, 0) is 48.6 Å². The number of piperidine rings is 1. The van der Waals surface area contributed by atoms with Crippen molar-refractivity contribution in [2.24, 2.45) is 0 Å². The number of amides is 2. The van der Waals surface area contributed by atoms with Crippen molar-refractivity contribution in [1.82, 2.24) is 15.5 Å². The number of halogens is 2. The van der Waals surface area contributed by atoms with Gasteiger partial charge in [0.15, 0.2) is 0 Å². The van der Waals surface area contributed by atoms with Crippen LogP contribution in [0.3, 0.4) is 0 Å². The number of benzene rings is 2. The Morgan fingerprint density at radius 2 is 1.81 bits per heavy atom. The number of carbonyl (C=O) groups excluding carboxylic acids is 1. The molecule has 144 valence electrons. The molecule has 1 aliphatic heterocycles. The van der Waals surface area contributed by atoms with Crippen molar-refractivity contribution >= 4 is 29.2 Å². The van der Waals surface area contributed by atoms with Gasteiger partial charge in [0.1, 0.15) is 0 Å². The average Bonchev–Trinajstić information content (AvgIpc) is 2.67. The first-order valence-corrected chi connectivity index (χ1v) is 10.0. The summed E-state index contributed by atoms with van der Waals surface area (Å²) < 4.78 is 0. The van der Waals surface area contributed by atoms with Crippen LogP contribution in [-0.4, -0.2) is 30.1 Å². The minimum atomic E-state index is -0.0432. The number of hydrogen-bond donors (Lipinski definition) is 2. The summed E-state index contributed by atoms with van der Waals surface area (Å²) in [5.74, 6) is 0. The largest absolute Gasteiger partial charge is 0.334 e. The molecule has 0 spiro atoms. The molecule has 2 aromatic carbocycles. The molecule has 6 heteroatoms. The molecular weight excluding hydrogens is 381 g/mol. The third-order valence-corrected chi connectivity index (χ3v) is 5.66. The van der Waals surface area contributed by atoms with Gasteiger partial charge in [-0.3, -0.25) is 0 Å². The Balaban J connectivity index is 1.42. The molecule has 1 saturated heterocycles. The summed E-state index contributed by atoms with van der Waals surface area (Å²) >= 11 is 12.1. The second kappa shape index (κ2) is 9.45. The van der Waals surface area contributed by atoms with Crippen molar-refractivity contribution in [3.8, 4) is 0 Å². The predicted molar refractivity (Wildman–Crippen MR) is 111 cm³/mol. The van der Waals surface area contributed by atoms with Gasteiger partial charge in [-0.1, -0.05) is 53.5 Å². The number of rotatable bonds is 5. The molecule has 27 heavy (non-hydrogen) atoms. The van der Waals surface area contributed by atoms with Gasteiger partial charge < -0.3 is 15.5 Å². The van der Waals surface area contributed by atoms with Crippen LogP contribution in [0.25, 0.3) is 0 Å². The van der Waals surface area contributed by atoms with E-state index in [0.717, 1.165) is 38.0 Å². The lowest BCUT2D eigenvalue weighted by molar-refractivity contribution is 0.176. The first-order valence-electron chi connectivity index (χ1n) is 9.27. The van der Waals surface area contributed by atoms with Crippen LogP contribution in [0.1, 0.15) is 29.5 Å². The first kappa shape index (κ1) is 20.0. The van der Waals surface area contributed by atoms with E-state index in [4.69, 9.17) is 23.2 Å². The molecule has 1 fully saturated rings. The van der Waals surface area contributed by atoms with Crippen molar-refractivity contribution < 1.29 is 4.79 Å². The second-order valence-corrected chi connectivity index (χ2v) is 7.81. The molecule has 1 heterocycles. The Kier molecular flexibility index (Phi) is 7.00. The van der Waals surface area contributed by atoms with E-state index in [9.17, 15) is 4.79 Å². The normalized spacial score (nSPS) is 15.0. The van der Waals surface area contributed by atoms with Gasteiger partial charge in [0.2, 0.25) is 0 Å². The third kappa shape index (κ3) is 5.61. The lowest BCUT2D eigenvalue weighted by atomic mass is 10.0. The maximum atomic E-state index is 12.4. The number of aryl methyl sites for hydroxylation is 1. The minimum Gasteiger partial charge on any atom is -0.334 e. The number of carbonyl (C=O) groups is 1. The lowest BCUT2D eigenvalue weighted by Crippen LogP contribution is -2.48. The molecule has 0 aromatic heterocycles. The van der Waals surface area contributed by atoms with Crippen LogP contribution in [0.4, 0.5) is 4.79 Å². The maximum Gasteiger partial charge on any atom is 0.317 e. The van der Waals surface area contributed by atoms with Crippen molar-refractivity contribution in [2.45, 2.75) is 38.9 Å². The monoisotopic (exact) mass is 405 g/mol. The maximum absolute atomic E-state index is 12.4. The fourth-order valence-corrected chi connectivity index (χ4v) is 3.77. The predicted octanol–water partition coefficient (Wildman–Crippen LogP) is 4.77. The number of urea groups is 1. The van der Waals surface area contributed by atoms with E-state index in [1.165, 1.54) is 11.1 Å². The highest BCUT2D eigenvalue weighted by molar-refractivity contribution is 6.35. The molecule has 0 bridgehead atoms. The Bertz CT molecular complexity index is 789. The average molecular weight is 406 g/mol. The SMILES string of the molecule is Cc1ccccc1CNC1CCN(C(=O)NCc2ccc(Cl)cc2Cl)CC1. The molecule has 3 rings (SSSR count). The number of likely N-dealkylation sites (tertiary alicyclic amines) is 1. The second-order valence-electron chi connectivity index (χ2n) is 6.96. The molecule has 0 radical (unpaired) electrons. The molecule has 0 saturated carbocycles. The highest BCUT2D eigenvalue weighted by atomic mass is 35.5. The Morgan fingerprint density at radius 1 is 1.07 bits per heavy atom. The zero-order chi connectivity index (χ0) is 19.2. The molecule has 0 unspecified atom stereocenters. The quantitative estimate of drug-likeness (QED) is 0.752. The van der Waals surface area contributed by atoms with Crippen molar-refractivity contribution in [1.29, 1.82) is 0 Å². The van der Waals surface area contributed by atoms with Crippen LogP contribution in [0.5, 0.6) is 0 Å². The number of nitrogens with zero attached hydrogens (tertiary/aromatic N) is 1. The van der Waals surface area contributed by atoms with E-state index in [0.29, 0.717) is 22.6 Å². The van der Waals surface area contributed by atoms with E-state index in [-0.39, 0.29) is 6.03 Å². The highest BCUT2D eigenvalue weighted by Crippen LogP contribution is 2.21. The Labute approximate surface area is 170 Å². The zero-order valence-electron chi connectivity index (χ0n) is 15.5. The minimum absolute atomic E-state index is 0.0432. The van der Waals surface area contributed by atoms with Gasteiger partial charge in [-0.15, -0.1) is 0 Å². The standard InChI is InChI=1S/C21H25Cl2N3O/c1-15-4-2-3-5-16(15)13-24-19-8-10-26(11-9-19)21(27)25-14-17-6-7-18(22)12-20(17)23/h2-7,12,19,24H,8-11,13-14H2,1H3,(H,25,27). The summed E-state index contributed by atoms with van der Waals surface area (Å²) in [6, 6.07) is 14.1. The van der Waals surface area contributed by atoms with Gasteiger partial charge in [0.25, 0.3) is 0 Å². The van der Waals surface area contributed by atoms with Crippen LogP contribution in [0.15, 0.2) is 42.5 Å². The molecular formula is C21H25Cl2N3O. The molecule has 2 amide bonds. The van der Waals surface area contributed by atoms with Crippen LogP contribution >= 0.6 is 23.2 Å². The molecule has 1 aliphatic rings. The zero-order valence-corrected chi connectivity index (χ0v) is 17.0. The van der Waals surface area contributed by atoms with Crippen molar-refractivity contribution in [3.05, 3.63) is 69.2 Å². The molecule has 4 nitrogen and oxygen atoms in total. The van der Waals surface area contributed by atoms with E-state index in [1.807, 2.05) is 11.0 Å². The van der Waals surface area contributed by atoms with Crippen LogP contribution in [0.2, 0.25) is 10.0 Å². The summed E-state index contributed by atoms with van der Waals surface area (Å²) in [6.07, 6.45) is 1.92. The third-order valence-electron chi connectivity index (χ3n) is 5.07. The number of nitrogens with one attached hydrogen (secondary N) is 2. The van der Waals surface area contributed by atoms with Gasteiger partial charge in [0, 0.05) is 42.3 Å². The lowest BCUT2D eigenvalue weighted by Gasteiger charge is -2.32. The topological polar surface area (TPSA) is 44.4 Å². The van der Waals surface area contributed by atoms with Gasteiger partial charge in [-0.25, -0.2) is 4.79 Å². The summed E-state index contributed by atoms with van der Waals surface area (Å²) in [5.41, 5.74) is 3.50. The summed E-state index contributed by atoms with van der Waals surface area (Å²) in [6.45, 7) is 4.92. The van der Waals surface area contributed by atoms with Crippen molar-refractivity contribution in [2.75, 3.05) is 13.1 Å². The van der Waals surface area contributed by atoms with E-state index < -0.39 is 0 Å². The Morgan fingerprint density at radius 3 is 2.52 bits per heavy atom. The Hall–Kier alpha value is -1.75. The first-order chi connectivity index (χ1) is 13.0. The molecule has 0 atom stereocenters. The smallest absolute Gasteiger partial charge is 0.317 e. The molecule has 2 N–H and O–H groups in total. The fraction of sp³-hybridized carbons (Fsp3) is 0.381. The summed E-state index contributed by atoms with van der Waals surface area (Å²) in [5, 5.41) is 7.73. The van der Waals surface area contributed by atoms with Gasteiger partial charge in [0.05, 0.1) is 0 Å². The molecule has 0 aliphatic carbocycles. The van der Waals surface area contributed by atoms with E-state index >= 15 is 0 Å². The highest BCUT2D eigenvalue weighted by Gasteiger charge is 2.22. The van der Waals surface area contributed by atoms with Gasteiger partial charge in [-0.2, -0.15) is 0 Å². The van der Waals surface area contributed by atoms with Crippen LogP contribution < -0.4 is 10.6 Å².